The van der Waals surface area contributed by atoms with Crippen LogP contribution in [-0.4, -0.2) is 56.8 Å². The Labute approximate surface area is 246 Å². The fourth-order valence-electron chi connectivity index (χ4n) is 5.56. The van der Waals surface area contributed by atoms with Gasteiger partial charge in [0.05, 0.1) is 28.6 Å². The Morgan fingerprint density at radius 3 is 2.42 bits per heavy atom. The van der Waals surface area contributed by atoms with Crippen molar-refractivity contribution >= 4 is 29.1 Å². The second kappa shape index (κ2) is 10.6. The number of pyridine rings is 1. The van der Waals surface area contributed by atoms with Crippen molar-refractivity contribution in [2.45, 2.75) is 24.6 Å². The molecule has 0 atom stereocenters. The maximum absolute atomic E-state index is 14.0. The molecule has 0 bridgehead atoms. The van der Waals surface area contributed by atoms with E-state index in [4.69, 9.17) is 11.6 Å². The van der Waals surface area contributed by atoms with Crippen LogP contribution in [0.3, 0.4) is 0 Å². The maximum atomic E-state index is 14.0. The van der Waals surface area contributed by atoms with E-state index in [-0.39, 0.29) is 54.9 Å². The van der Waals surface area contributed by atoms with Crippen molar-refractivity contribution in [3.05, 3.63) is 94.9 Å². The van der Waals surface area contributed by atoms with Crippen LogP contribution in [0.1, 0.15) is 28.9 Å². The van der Waals surface area contributed by atoms with Crippen LogP contribution in [0, 0.1) is 11.6 Å². The van der Waals surface area contributed by atoms with Gasteiger partial charge in [-0.25, -0.2) is 13.5 Å². The van der Waals surface area contributed by atoms with Crippen LogP contribution < -0.4 is 10.2 Å². The SMILES string of the molecule is O=C(c1cc(-c2cccnc2)n(-c2ccc(C(F)(F)F)cc2Cl)n1)N1CCC2(CC1)C(=O)NCN2c1ccc(F)c(F)c1. The summed E-state index contributed by atoms with van der Waals surface area (Å²) in [7, 11) is 0. The summed E-state index contributed by atoms with van der Waals surface area (Å²) >= 11 is 6.27. The number of carbonyl (C=O) groups excluding carboxylic acids is 2. The molecule has 1 spiro atoms. The fourth-order valence-corrected chi connectivity index (χ4v) is 5.82. The number of nitrogens with one attached hydrogen (secondary N) is 1. The molecule has 0 unspecified atom stereocenters. The predicted molar refractivity (Wildman–Crippen MR) is 147 cm³/mol. The van der Waals surface area contributed by atoms with E-state index < -0.39 is 34.8 Å². The first-order chi connectivity index (χ1) is 20.5. The highest BCUT2D eigenvalue weighted by atomic mass is 35.5. The number of carbonyl (C=O) groups is 2. The molecule has 43 heavy (non-hydrogen) atoms. The lowest BCUT2D eigenvalue weighted by atomic mass is 9.85. The van der Waals surface area contributed by atoms with Crippen LogP contribution in [0.5, 0.6) is 0 Å². The molecule has 4 heterocycles. The van der Waals surface area contributed by atoms with Crippen molar-refractivity contribution in [1.82, 2.24) is 25.0 Å². The van der Waals surface area contributed by atoms with Gasteiger partial charge < -0.3 is 15.1 Å². The van der Waals surface area contributed by atoms with Crippen molar-refractivity contribution in [1.29, 1.82) is 0 Å². The number of benzene rings is 2. The molecule has 6 rings (SSSR count). The lowest BCUT2D eigenvalue weighted by molar-refractivity contribution is -0.137. The first kappa shape index (κ1) is 28.6. The fraction of sp³-hybridized carbons (Fsp3) is 0.241. The molecule has 4 aromatic rings. The van der Waals surface area contributed by atoms with Crippen molar-refractivity contribution in [3.8, 4) is 16.9 Å². The van der Waals surface area contributed by atoms with Gasteiger partial charge in [0.2, 0.25) is 5.91 Å². The second-order valence-electron chi connectivity index (χ2n) is 10.2. The highest BCUT2D eigenvalue weighted by Crippen LogP contribution is 2.38. The maximum Gasteiger partial charge on any atom is 0.416 e. The molecule has 0 radical (unpaired) electrons. The molecule has 0 saturated carbocycles. The summed E-state index contributed by atoms with van der Waals surface area (Å²) in [5, 5.41) is 6.98. The number of nitrogens with zero attached hydrogens (tertiary/aromatic N) is 5. The Balaban J connectivity index is 1.29. The summed E-state index contributed by atoms with van der Waals surface area (Å²) in [6, 6.07) is 11.2. The van der Waals surface area contributed by atoms with Gasteiger partial charge in [0.1, 0.15) is 5.54 Å². The van der Waals surface area contributed by atoms with E-state index in [1.807, 2.05) is 0 Å². The zero-order valence-corrected chi connectivity index (χ0v) is 23.0. The standard InChI is InChI=1S/C29H22ClF5N6O2/c30-20-12-18(29(33,34)35)3-6-24(20)41-25(17-2-1-9-36-15-17)14-23(38-41)26(42)39-10-7-28(8-11-39)27(43)37-16-40(28)19-4-5-21(31)22(32)13-19/h1-6,9,12-15H,7-8,10-11,16H2,(H,37,43). The van der Waals surface area contributed by atoms with Crippen molar-refractivity contribution in [2.24, 2.45) is 0 Å². The first-order valence-electron chi connectivity index (χ1n) is 13.2. The summed E-state index contributed by atoms with van der Waals surface area (Å²) in [6.07, 6.45) is -1.10. The molecule has 2 amide bonds. The topological polar surface area (TPSA) is 83.4 Å². The minimum Gasteiger partial charge on any atom is -0.339 e. The molecule has 0 aliphatic carbocycles. The molecule has 2 aliphatic heterocycles. The third kappa shape index (κ3) is 5.07. The van der Waals surface area contributed by atoms with Gasteiger partial charge in [-0.1, -0.05) is 11.6 Å². The number of rotatable bonds is 4. The number of amides is 2. The number of piperidine rings is 1. The number of halogens is 6. The Morgan fingerprint density at radius 2 is 1.77 bits per heavy atom. The van der Waals surface area contributed by atoms with Crippen LogP contribution in [0.25, 0.3) is 16.9 Å². The zero-order valence-electron chi connectivity index (χ0n) is 22.2. The molecule has 14 heteroatoms. The second-order valence-corrected chi connectivity index (χ2v) is 10.7. The summed E-state index contributed by atoms with van der Waals surface area (Å²) in [4.78, 5) is 33.9. The smallest absolute Gasteiger partial charge is 0.339 e. The number of likely N-dealkylation sites (tertiary alicyclic amines) is 1. The molecular formula is C29H22ClF5N6O2. The van der Waals surface area contributed by atoms with E-state index >= 15 is 0 Å². The minimum atomic E-state index is -4.60. The number of anilines is 1. The summed E-state index contributed by atoms with van der Waals surface area (Å²) in [6.45, 7) is 0.412. The van der Waals surface area contributed by atoms with E-state index in [9.17, 15) is 31.5 Å². The van der Waals surface area contributed by atoms with E-state index in [0.717, 1.165) is 24.3 Å². The lowest BCUT2D eigenvalue weighted by Crippen LogP contribution is -2.57. The normalized spacial score (nSPS) is 16.6. The van der Waals surface area contributed by atoms with Crippen LogP contribution in [-0.2, 0) is 11.0 Å². The summed E-state index contributed by atoms with van der Waals surface area (Å²) in [5.74, 6) is -2.77. The largest absolute Gasteiger partial charge is 0.416 e. The molecule has 2 aromatic carbocycles. The average molecular weight is 617 g/mol. The molecule has 2 fully saturated rings. The van der Waals surface area contributed by atoms with Gasteiger partial charge >= 0.3 is 6.18 Å². The Kier molecular flexibility index (Phi) is 7.07. The highest BCUT2D eigenvalue weighted by Gasteiger charge is 2.51. The van der Waals surface area contributed by atoms with Gasteiger partial charge in [-0.05, 0) is 61.4 Å². The average Bonchev–Trinajstić information content (AvgIpc) is 3.56. The van der Waals surface area contributed by atoms with Gasteiger partial charge in [0.15, 0.2) is 17.3 Å². The van der Waals surface area contributed by atoms with Crippen molar-refractivity contribution in [2.75, 3.05) is 24.7 Å². The molecule has 2 aromatic heterocycles. The van der Waals surface area contributed by atoms with Gasteiger partial charge in [-0.2, -0.15) is 18.3 Å². The van der Waals surface area contributed by atoms with Gasteiger partial charge in [-0.15, -0.1) is 0 Å². The number of aromatic nitrogens is 3. The van der Waals surface area contributed by atoms with E-state index in [0.29, 0.717) is 16.9 Å². The molecule has 2 saturated heterocycles. The lowest BCUT2D eigenvalue weighted by Gasteiger charge is -2.43. The van der Waals surface area contributed by atoms with Crippen molar-refractivity contribution < 1.29 is 31.5 Å². The van der Waals surface area contributed by atoms with Crippen LogP contribution in [0.2, 0.25) is 5.02 Å². The quantitative estimate of drug-likeness (QED) is 0.308. The van der Waals surface area contributed by atoms with Gasteiger partial charge in [0.25, 0.3) is 5.91 Å². The molecule has 222 valence electrons. The number of hydrogen-bond acceptors (Lipinski definition) is 5. The number of alkyl halides is 3. The third-order valence-corrected chi connectivity index (χ3v) is 8.12. The predicted octanol–water partition coefficient (Wildman–Crippen LogP) is 5.45. The molecule has 2 aliphatic rings. The van der Waals surface area contributed by atoms with Crippen LogP contribution in [0.4, 0.5) is 27.6 Å². The zero-order chi connectivity index (χ0) is 30.5. The highest BCUT2D eigenvalue weighted by molar-refractivity contribution is 6.32. The summed E-state index contributed by atoms with van der Waals surface area (Å²) < 4.78 is 68.6. The monoisotopic (exact) mass is 616 g/mol. The summed E-state index contributed by atoms with van der Waals surface area (Å²) in [5.41, 5.74) is -0.573. The first-order valence-corrected chi connectivity index (χ1v) is 13.5. The van der Waals surface area contributed by atoms with E-state index in [2.05, 4.69) is 15.4 Å². The third-order valence-electron chi connectivity index (χ3n) is 7.82. The van der Waals surface area contributed by atoms with Gasteiger partial charge in [0, 0.05) is 42.8 Å². The molecule has 8 nitrogen and oxygen atoms in total. The Bertz CT molecular complexity index is 1720. The van der Waals surface area contributed by atoms with E-state index in [1.54, 1.807) is 23.2 Å². The minimum absolute atomic E-state index is 0.0131. The Hall–Kier alpha value is -4.52. The van der Waals surface area contributed by atoms with Crippen LogP contribution in [0.15, 0.2) is 67.0 Å². The Morgan fingerprint density at radius 1 is 1.00 bits per heavy atom. The van der Waals surface area contributed by atoms with Crippen LogP contribution >= 0.6 is 11.6 Å². The van der Waals surface area contributed by atoms with E-state index in [1.165, 1.54) is 34.0 Å². The molecule has 1 N–H and O–H groups in total. The van der Waals surface area contributed by atoms with Gasteiger partial charge in [-0.3, -0.25) is 14.6 Å². The number of hydrogen-bond donors (Lipinski definition) is 1. The van der Waals surface area contributed by atoms with Crippen molar-refractivity contribution in [3.63, 3.8) is 0 Å². The molecular weight excluding hydrogens is 595 g/mol.